The van der Waals surface area contributed by atoms with Crippen LogP contribution in [0.2, 0.25) is 0 Å². The van der Waals surface area contributed by atoms with Crippen LogP contribution >= 0.6 is 31.9 Å². The van der Waals surface area contributed by atoms with Gasteiger partial charge in [-0.15, -0.1) is 0 Å². The Bertz CT molecular complexity index is 529. The summed E-state index contributed by atoms with van der Waals surface area (Å²) >= 11 is 7.43. The first-order valence-corrected chi connectivity index (χ1v) is 7.81. The van der Waals surface area contributed by atoms with Gasteiger partial charge in [-0.05, 0) is 41.7 Å². The van der Waals surface area contributed by atoms with Crippen LogP contribution in [0.15, 0.2) is 46.9 Å². The normalized spacial score (nSPS) is 12.4. The molecule has 2 aromatic carbocycles. The summed E-state index contributed by atoms with van der Waals surface area (Å²) in [4.78, 5) is 0.235. The molecule has 0 aromatic heterocycles. The minimum absolute atomic E-state index is 0.235. The van der Waals surface area contributed by atoms with Crippen molar-refractivity contribution in [1.82, 2.24) is 0 Å². The molecular formula is C16H16Br2. The molecule has 94 valence electrons. The Labute approximate surface area is 126 Å². The van der Waals surface area contributed by atoms with Gasteiger partial charge < -0.3 is 0 Å². The zero-order valence-corrected chi connectivity index (χ0v) is 13.8. The predicted molar refractivity (Wildman–Crippen MR) is 85.5 cm³/mol. The molecule has 0 N–H and O–H groups in total. The van der Waals surface area contributed by atoms with E-state index in [2.05, 4.69) is 88.2 Å². The van der Waals surface area contributed by atoms with Gasteiger partial charge in [0.05, 0.1) is 4.83 Å². The summed E-state index contributed by atoms with van der Waals surface area (Å²) in [6.45, 7) is 4.28. The van der Waals surface area contributed by atoms with Gasteiger partial charge in [-0.2, -0.15) is 0 Å². The molecular weight excluding hydrogens is 352 g/mol. The largest absolute Gasteiger partial charge is 0.0786 e. The second-order valence-corrected chi connectivity index (χ2v) is 6.25. The van der Waals surface area contributed by atoms with Crippen molar-refractivity contribution in [3.63, 3.8) is 0 Å². The Morgan fingerprint density at radius 1 is 1.06 bits per heavy atom. The third-order valence-electron chi connectivity index (χ3n) is 3.11. The molecule has 0 radical (unpaired) electrons. The number of benzene rings is 2. The molecule has 1 unspecified atom stereocenters. The van der Waals surface area contributed by atoms with E-state index in [1.807, 2.05) is 0 Å². The van der Waals surface area contributed by atoms with Gasteiger partial charge in [0.2, 0.25) is 0 Å². The minimum atomic E-state index is 0.235. The lowest BCUT2D eigenvalue weighted by Gasteiger charge is -2.13. The monoisotopic (exact) mass is 366 g/mol. The van der Waals surface area contributed by atoms with Crippen LogP contribution in [0, 0.1) is 6.92 Å². The number of halogens is 2. The van der Waals surface area contributed by atoms with E-state index in [0.717, 1.165) is 10.9 Å². The molecule has 2 aromatic rings. The maximum absolute atomic E-state index is 3.79. The third kappa shape index (κ3) is 3.04. The van der Waals surface area contributed by atoms with Crippen LogP contribution in [0.4, 0.5) is 0 Å². The molecule has 0 spiro atoms. The molecule has 0 aliphatic carbocycles. The van der Waals surface area contributed by atoms with Crippen molar-refractivity contribution in [2.75, 3.05) is 0 Å². The van der Waals surface area contributed by atoms with Gasteiger partial charge in [0.25, 0.3) is 0 Å². The minimum Gasteiger partial charge on any atom is -0.0786 e. The van der Waals surface area contributed by atoms with Crippen molar-refractivity contribution in [2.24, 2.45) is 0 Å². The molecule has 18 heavy (non-hydrogen) atoms. The van der Waals surface area contributed by atoms with E-state index < -0.39 is 0 Å². The Balaban J connectivity index is 2.31. The molecule has 1 atom stereocenters. The molecule has 0 fully saturated rings. The average Bonchev–Trinajstić information content (AvgIpc) is 2.38. The van der Waals surface area contributed by atoms with Crippen LogP contribution in [-0.4, -0.2) is 0 Å². The summed E-state index contributed by atoms with van der Waals surface area (Å²) in [7, 11) is 0. The fourth-order valence-corrected chi connectivity index (χ4v) is 3.67. The van der Waals surface area contributed by atoms with Crippen LogP contribution in [0.1, 0.15) is 34.0 Å². The summed E-state index contributed by atoms with van der Waals surface area (Å²) in [5, 5.41) is 0. The second kappa shape index (κ2) is 6.03. The van der Waals surface area contributed by atoms with Crippen molar-refractivity contribution < 1.29 is 0 Å². The number of hydrogen-bond acceptors (Lipinski definition) is 0. The first kappa shape index (κ1) is 13.8. The van der Waals surface area contributed by atoms with E-state index in [9.17, 15) is 0 Å². The molecule has 0 saturated heterocycles. The Kier molecular flexibility index (Phi) is 4.63. The maximum Gasteiger partial charge on any atom is 0.0655 e. The van der Waals surface area contributed by atoms with Crippen molar-refractivity contribution >= 4 is 31.9 Å². The smallest absolute Gasteiger partial charge is 0.0655 e. The quantitative estimate of drug-likeness (QED) is 0.601. The fourth-order valence-electron chi connectivity index (χ4n) is 1.94. The highest BCUT2D eigenvalue weighted by Crippen LogP contribution is 2.35. The molecule has 2 rings (SSSR count). The molecule has 0 aliphatic heterocycles. The molecule has 0 saturated carbocycles. The zero-order valence-electron chi connectivity index (χ0n) is 10.6. The van der Waals surface area contributed by atoms with Gasteiger partial charge in [-0.3, -0.25) is 0 Å². The van der Waals surface area contributed by atoms with Gasteiger partial charge in [-0.1, -0.05) is 75.2 Å². The first-order valence-electron chi connectivity index (χ1n) is 6.10. The van der Waals surface area contributed by atoms with Crippen LogP contribution in [0.5, 0.6) is 0 Å². The summed E-state index contributed by atoms with van der Waals surface area (Å²) < 4.78 is 1.16. The van der Waals surface area contributed by atoms with Crippen LogP contribution in [0.3, 0.4) is 0 Å². The molecule has 0 heterocycles. The maximum atomic E-state index is 3.79. The van der Waals surface area contributed by atoms with Gasteiger partial charge in [0.15, 0.2) is 0 Å². The summed E-state index contributed by atoms with van der Waals surface area (Å²) in [5.74, 6) is 0. The molecule has 0 bridgehead atoms. The van der Waals surface area contributed by atoms with Crippen molar-refractivity contribution in [2.45, 2.75) is 25.1 Å². The Morgan fingerprint density at radius 3 is 2.28 bits per heavy atom. The number of aryl methyl sites for hydroxylation is 2. The molecule has 0 amide bonds. The fraction of sp³-hybridized carbons (Fsp3) is 0.250. The standard InChI is InChI=1S/C16H16Br2/c1-3-12-5-7-13(8-6-12)16(18)14-9-4-11(2)10-15(14)17/h4-10,16H,3H2,1-2H3. The average molecular weight is 368 g/mol. The molecule has 0 nitrogen and oxygen atoms in total. The van der Waals surface area contributed by atoms with E-state index in [4.69, 9.17) is 0 Å². The first-order chi connectivity index (χ1) is 8.61. The Hall–Kier alpha value is -0.600. The van der Waals surface area contributed by atoms with E-state index in [1.165, 1.54) is 22.3 Å². The second-order valence-electron chi connectivity index (χ2n) is 4.48. The highest BCUT2D eigenvalue weighted by Gasteiger charge is 2.13. The SMILES string of the molecule is CCc1ccc(C(Br)c2ccc(C)cc2Br)cc1. The lowest BCUT2D eigenvalue weighted by molar-refractivity contribution is 1.11. The van der Waals surface area contributed by atoms with Gasteiger partial charge in [0, 0.05) is 4.47 Å². The molecule has 0 aliphatic rings. The Morgan fingerprint density at radius 2 is 1.72 bits per heavy atom. The molecule has 2 heteroatoms. The highest BCUT2D eigenvalue weighted by atomic mass is 79.9. The topological polar surface area (TPSA) is 0 Å². The van der Waals surface area contributed by atoms with Gasteiger partial charge in [0.1, 0.15) is 0 Å². The third-order valence-corrected chi connectivity index (χ3v) is 4.82. The van der Waals surface area contributed by atoms with Crippen molar-refractivity contribution in [3.05, 3.63) is 69.2 Å². The summed E-state index contributed by atoms with van der Waals surface area (Å²) in [6.07, 6.45) is 1.08. The lowest BCUT2D eigenvalue weighted by Crippen LogP contribution is -1.95. The van der Waals surface area contributed by atoms with Crippen molar-refractivity contribution in [3.8, 4) is 0 Å². The van der Waals surface area contributed by atoms with E-state index in [-0.39, 0.29) is 4.83 Å². The van der Waals surface area contributed by atoms with Crippen LogP contribution in [0.25, 0.3) is 0 Å². The van der Waals surface area contributed by atoms with E-state index >= 15 is 0 Å². The zero-order chi connectivity index (χ0) is 13.1. The number of rotatable bonds is 3. The number of hydrogen-bond donors (Lipinski definition) is 0. The van der Waals surface area contributed by atoms with Gasteiger partial charge in [-0.25, -0.2) is 0 Å². The van der Waals surface area contributed by atoms with Crippen LogP contribution < -0.4 is 0 Å². The number of alkyl halides is 1. The highest BCUT2D eigenvalue weighted by molar-refractivity contribution is 9.11. The van der Waals surface area contributed by atoms with E-state index in [1.54, 1.807) is 0 Å². The van der Waals surface area contributed by atoms with Crippen LogP contribution in [-0.2, 0) is 6.42 Å². The summed E-state index contributed by atoms with van der Waals surface area (Å²) in [6, 6.07) is 15.3. The lowest BCUT2D eigenvalue weighted by atomic mass is 10.0. The van der Waals surface area contributed by atoms with Gasteiger partial charge >= 0.3 is 0 Å². The van der Waals surface area contributed by atoms with Crippen molar-refractivity contribution in [1.29, 1.82) is 0 Å². The predicted octanol–water partition coefficient (Wildman–Crippen LogP) is 5.80. The summed E-state index contributed by atoms with van der Waals surface area (Å²) in [5.41, 5.74) is 5.20. The van der Waals surface area contributed by atoms with E-state index in [0.29, 0.717) is 0 Å².